The van der Waals surface area contributed by atoms with Crippen molar-refractivity contribution in [1.29, 1.82) is 0 Å². The molecule has 3 aromatic rings. The minimum Gasteiger partial charge on any atom is -0.0616 e. The van der Waals surface area contributed by atoms with Crippen LogP contribution in [-0.2, 0) is 0 Å². The van der Waals surface area contributed by atoms with E-state index in [1.165, 1.54) is 32.7 Å². The number of rotatable bonds is 1. The molecule has 0 aliphatic rings. The Balaban J connectivity index is 2.53. The Morgan fingerprint density at radius 3 is 2.33 bits per heavy atom. The molecule has 0 spiro atoms. The maximum atomic E-state index is 2.31. The van der Waals surface area contributed by atoms with Gasteiger partial charge in [-0.25, -0.2) is 0 Å². The molecule has 0 unspecified atom stereocenters. The zero-order valence-electron chi connectivity index (χ0n) is 11.2. The second-order valence-corrected chi connectivity index (χ2v) is 5.32. The minimum absolute atomic E-state index is 0.563. The van der Waals surface area contributed by atoms with Gasteiger partial charge in [0, 0.05) is 0 Å². The van der Waals surface area contributed by atoms with Crippen molar-refractivity contribution in [3.05, 3.63) is 59.7 Å². The zero-order chi connectivity index (χ0) is 12.7. The fraction of sp³-hybridized carbons (Fsp3) is 0.222. The molecular weight excluding hydrogens is 216 g/mol. The van der Waals surface area contributed by atoms with Gasteiger partial charge in [-0.1, -0.05) is 56.3 Å². The van der Waals surface area contributed by atoms with Crippen molar-refractivity contribution in [1.82, 2.24) is 0 Å². The highest BCUT2D eigenvalue weighted by atomic mass is 14.1. The van der Waals surface area contributed by atoms with Gasteiger partial charge in [-0.3, -0.25) is 0 Å². The van der Waals surface area contributed by atoms with E-state index in [0.717, 1.165) is 0 Å². The largest absolute Gasteiger partial charge is 0.0616 e. The molecule has 0 aliphatic carbocycles. The zero-order valence-corrected chi connectivity index (χ0v) is 11.2. The maximum absolute atomic E-state index is 2.31. The van der Waals surface area contributed by atoms with Crippen molar-refractivity contribution in [2.75, 3.05) is 0 Å². The molecule has 0 heteroatoms. The minimum atomic E-state index is 0.563. The van der Waals surface area contributed by atoms with Crippen LogP contribution in [0.3, 0.4) is 0 Å². The average Bonchev–Trinajstić information content (AvgIpc) is 2.38. The SMILES string of the molecule is Cc1c2ccccc2cc2cccc(C(C)C)c12. The van der Waals surface area contributed by atoms with E-state index in [1.54, 1.807) is 0 Å². The van der Waals surface area contributed by atoms with Crippen LogP contribution >= 0.6 is 0 Å². The summed E-state index contributed by atoms with van der Waals surface area (Å²) in [6, 6.07) is 17.6. The van der Waals surface area contributed by atoms with Crippen molar-refractivity contribution in [2.45, 2.75) is 26.7 Å². The van der Waals surface area contributed by atoms with Crippen molar-refractivity contribution < 1.29 is 0 Å². The molecule has 0 aromatic heterocycles. The van der Waals surface area contributed by atoms with Gasteiger partial charge >= 0.3 is 0 Å². The Kier molecular flexibility index (Phi) is 2.59. The fourth-order valence-corrected chi connectivity index (χ4v) is 2.89. The lowest BCUT2D eigenvalue weighted by molar-refractivity contribution is 0.876. The third kappa shape index (κ3) is 1.60. The van der Waals surface area contributed by atoms with E-state index in [-0.39, 0.29) is 0 Å². The lowest BCUT2D eigenvalue weighted by atomic mass is 9.90. The van der Waals surface area contributed by atoms with Crippen LogP contribution < -0.4 is 0 Å². The second kappa shape index (κ2) is 4.13. The molecule has 0 radical (unpaired) electrons. The monoisotopic (exact) mass is 234 g/mol. The van der Waals surface area contributed by atoms with Gasteiger partial charge in [-0.15, -0.1) is 0 Å². The molecule has 0 heterocycles. The van der Waals surface area contributed by atoms with Crippen LogP contribution in [0.4, 0.5) is 0 Å². The van der Waals surface area contributed by atoms with Crippen LogP contribution in [0.25, 0.3) is 21.5 Å². The molecule has 0 bridgehead atoms. The van der Waals surface area contributed by atoms with Gasteiger partial charge in [-0.05, 0) is 51.6 Å². The first kappa shape index (κ1) is 11.3. The average molecular weight is 234 g/mol. The van der Waals surface area contributed by atoms with Crippen molar-refractivity contribution in [2.24, 2.45) is 0 Å². The standard InChI is InChI=1S/C18H18/c1-12(2)16-10-6-8-15-11-14-7-4-5-9-17(14)13(3)18(15)16/h4-12H,1-3H3. The van der Waals surface area contributed by atoms with Gasteiger partial charge in [0.25, 0.3) is 0 Å². The first-order valence-corrected chi connectivity index (χ1v) is 6.59. The summed E-state index contributed by atoms with van der Waals surface area (Å²) < 4.78 is 0. The van der Waals surface area contributed by atoms with E-state index in [9.17, 15) is 0 Å². The molecular formula is C18H18. The highest BCUT2D eigenvalue weighted by Gasteiger charge is 2.09. The summed E-state index contributed by atoms with van der Waals surface area (Å²) in [7, 11) is 0. The molecule has 90 valence electrons. The van der Waals surface area contributed by atoms with E-state index in [4.69, 9.17) is 0 Å². The molecule has 0 nitrogen and oxygen atoms in total. The summed E-state index contributed by atoms with van der Waals surface area (Å²) >= 11 is 0. The Morgan fingerprint density at radius 1 is 0.833 bits per heavy atom. The summed E-state index contributed by atoms with van der Waals surface area (Å²) in [5.41, 5.74) is 2.86. The summed E-state index contributed by atoms with van der Waals surface area (Å²) in [5.74, 6) is 0.563. The first-order chi connectivity index (χ1) is 8.68. The summed E-state index contributed by atoms with van der Waals surface area (Å²) in [4.78, 5) is 0. The lowest BCUT2D eigenvalue weighted by Gasteiger charge is -2.14. The van der Waals surface area contributed by atoms with E-state index in [2.05, 4.69) is 69.3 Å². The number of benzene rings is 3. The first-order valence-electron chi connectivity index (χ1n) is 6.59. The molecule has 0 saturated heterocycles. The number of aryl methyl sites for hydroxylation is 1. The molecule has 18 heavy (non-hydrogen) atoms. The van der Waals surface area contributed by atoms with Crippen LogP contribution in [0.15, 0.2) is 48.5 Å². The van der Waals surface area contributed by atoms with E-state index in [1.807, 2.05) is 0 Å². The molecule has 0 saturated carbocycles. The lowest BCUT2D eigenvalue weighted by Crippen LogP contribution is -1.92. The Hall–Kier alpha value is -1.82. The van der Waals surface area contributed by atoms with Crippen LogP contribution in [0.2, 0.25) is 0 Å². The molecule has 0 amide bonds. The molecule has 0 aliphatic heterocycles. The predicted molar refractivity (Wildman–Crippen MR) is 80.3 cm³/mol. The topological polar surface area (TPSA) is 0 Å². The smallest absolute Gasteiger partial charge is 0.0114 e. The third-order valence-corrected chi connectivity index (χ3v) is 3.80. The van der Waals surface area contributed by atoms with Gasteiger partial charge in [-0.2, -0.15) is 0 Å². The normalized spacial score (nSPS) is 11.6. The molecule has 0 atom stereocenters. The van der Waals surface area contributed by atoms with E-state index >= 15 is 0 Å². The number of hydrogen-bond donors (Lipinski definition) is 0. The van der Waals surface area contributed by atoms with Crippen LogP contribution in [0.1, 0.15) is 30.9 Å². The maximum Gasteiger partial charge on any atom is -0.0114 e. The van der Waals surface area contributed by atoms with Crippen LogP contribution in [-0.4, -0.2) is 0 Å². The van der Waals surface area contributed by atoms with Gasteiger partial charge in [0.2, 0.25) is 0 Å². The third-order valence-electron chi connectivity index (χ3n) is 3.80. The summed E-state index contributed by atoms with van der Waals surface area (Å²) in [6.07, 6.45) is 0. The number of fused-ring (bicyclic) bond motifs is 2. The van der Waals surface area contributed by atoms with Gasteiger partial charge in [0.05, 0.1) is 0 Å². The van der Waals surface area contributed by atoms with Gasteiger partial charge in [0.1, 0.15) is 0 Å². The van der Waals surface area contributed by atoms with Crippen molar-refractivity contribution >= 4 is 21.5 Å². The Morgan fingerprint density at radius 2 is 1.56 bits per heavy atom. The molecule has 3 aromatic carbocycles. The highest BCUT2D eigenvalue weighted by Crippen LogP contribution is 2.33. The Labute approximate surface area is 108 Å². The van der Waals surface area contributed by atoms with Gasteiger partial charge < -0.3 is 0 Å². The Bertz CT molecular complexity index is 721. The van der Waals surface area contributed by atoms with Gasteiger partial charge in [0.15, 0.2) is 0 Å². The second-order valence-electron chi connectivity index (χ2n) is 5.32. The fourth-order valence-electron chi connectivity index (χ4n) is 2.89. The molecule has 3 rings (SSSR count). The van der Waals surface area contributed by atoms with Crippen molar-refractivity contribution in [3.8, 4) is 0 Å². The number of hydrogen-bond acceptors (Lipinski definition) is 0. The van der Waals surface area contributed by atoms with E-state index < -0.39 is 0 Å². The highest BCUT2D eigenvalue weighted by molar-refractivity contribution is 6.03. The van der Waals surface area contributed by atoms with Crippen LogP contribution in [0.5, 0.6) is 0 Å². The summed E-state index contributed by atoms with van der Waals surface area (Å²) in [6.45, 7) is 6.78. The molecule has 0 fully saturated rings. The predicted octanol–water partition coefficient (Wildman–Crippen LogP) is 5.42. The van der Waals surface area contributed by atoms with E-state index in [0.29, 0.717) is 5.92 Å². The summed E-state index contributed by atoms with van der Waals surface area (Å²) in [5, 5.41) is 5.50. The van der Waals surface area contributed by atoms with Crippen LogP contribution in [0, 0.1) is 6.92 Å². The van der Waals surface area contributed by atoms with Crippen molar-refractivity contribution in [3.63, 3.8) is 0 Å². The quantitative estimate of drug-likeness (QED) is 0.493. The molecule has 0 N–H and O–H groups in total.